The van der Waals surface area contributed by atoms with Gasteiger partial charge in [-0.15, -0.1) is 0 Å². The maximum absolute atomic E-state index is 12.6. The van der Waals surface area contributed by atoms with E-state index in [0.717, 1.165) is 39.8 Å². The zero-order valence-electron chi connectivity index (χ0n) is 14.6. The quantitative estimate of drug-likeness (QED) is 0.735. The van der Waals surface area contributed by atoms with Crippen molar-refractivity contribution < 1.29 is 8.42 Å². The third kappa shape index (κ3) is 3.24. The summed E-state index contributed by atoms with van der Waals surface area (Å²) in [6.45, 7) is 4.85. The topological polar surface area (TPSA) is 64.0 Å². The summed E-state index contributed by atoms with van der Waals surface area (Å²) in [6, 6.07) is 12.5. The molecule has 0 bridgehead atoms. The first-order valence-corrected chi connectivity index (χ1v) is 10.8. The zero-order valence-corrected chi connectivity index (χ0v) is 16.2. The SMILES string of the molecule is Cc1ccc(S(=O)(=O)Nc2ccc(-c3cn4c(n3)SCC4)cc2)cc1C. The third-order valence-corrected chi connectivity index (χ3v) is 6.87. The lowest BCUT2D eigenvalue weighted by Crippen LogP contribution is -2.13. The number of hydrogen-bond donors (Lipinski definition) is 1. The Morgan fingerprint density at radius 3 is 2.54 bits per heavy atom. The number of imidazole rings is 1. The summed E-state index contributed by atoms with van der Waals surface area (Å²) in [5.41, 5.74) is 4.44. The van der Waals surface area contributed by atoms with Gasteiger partial charge in [-0.05, 0) is 49.2 Å². The van der Waals surface area contributed by atoms with Crippen molar-refractivity contribution in [2.24, 2.45) is 0 Å². The number of anilines is 1. The summed E-state index contributed by atoms with van der Waals surface area (Å²) in [5, 5.41) is 1.04. The Morgan fingerprint density at radius 2 is 1.85 bits per heavy atom. The third-order valence-electron chi connectivity index (χ3n) is 4.52. The summed E-state index contributed by atoms with van der Waals surface area (Å²) in [6.07, 6.45) is 2.05. The van der Waals surface area contributed by atoms with Gasteiger partial charge in [0.05, 0.1) is 10.6 Å². The van der Waals surface area contributed by atoms with Gasteiger partial charge >= 0.3 is 0 Å². The average molecular weight is 386 g/mol. The van der Waals surface area contributed by atoms with Crippen LogP contribution in [0.4, 0.5) is 5.69 Å². The highest BCUT2D eigenvalue weighted by atomic mass is 32.2. The Labute approximate surface area is 157 Å². The highest BCUT2D eigenvalue weighted by Crippen LogP contribution is 2.29. The Kier molecular flexibility index (Phi) is 4.28. The number of nitrogens with zero attached hydrogens (tertiary/aromatic N) is 2. The highest BCUT2D eigenvalue weighted by molar-refractivity contribution is 7.99. The number of benzene rings is 2. The van der Waals surface area contributed by atoms with Crippen LogP contribution in [0.5, 0.6) is 0 Å². The van der Waals surface area contributed by atoms with Crippen LogP contribution in [0.1, 0.15) is 11.1 Å². The van der Waals surface area contributed by atoms with E-state index in [1.165, 1.54) is 0 Å². The van der Waals surface area contributed by atoms with E-state index < -0.39 is 10.0 Å². The molecule has 26 heavy (non-hydrogen) atoms. The predicted molar refractivity (Wildman–Crippen MR) is 105 cm³/mol. The van der Waals surface area contributed by atoms with Crippen molar-refractivity contribution in [3.05, 3.63) is 59.8 Å². The fraction of sp³-hybridized carbons (Fsp3) is 0.211. The van der Waals surface area contributed by atoms with Crippen molar-refractivity contribution >= 4 is 27.5 Å². The molecule has 0 amide bonds. The van der Waals surface area contributed by atoms with Crippen LogP contribution >= 0.6 is 11.8 Å². The Bertz CT molecular complexity index is 1050. The fourth-order valence-electron chi connectivity index (χ4n) is 2.85. The smallest absolute Gasteiger partial charge is 0.261 e. The van der Waals surface area contributed by atoms with Gasteiger partial charge in [0, 0.05) is 29.7 Å². The van der Waals surface area contributed by atoms with Crippen LogP contribution < -0.4 is 4.72 Å². The van der Waals surface area contributed by atoms with E-state index >= 15 is 0 Å². The molecule has 3 aromatic rings. The van der Waals surface area contributed by atoms with Crippen molar-refractivity contribution in [2.75, 3.05) is 10.5 Å². The largest absolute Gasteiger partial charge is 0.325 e. The maximum Gasteiger partial charge on any atom is 0.261 e. The highest BCUT2D eigenvalue weighted by Gasteiger charge is 2.17. The molecule has 0 saturated carbocycles. The number of aromatic nitrogens is 2. The van der Waals surface area contributed by atoms with Crippen molar-refractivity contribution in [3.8, 4) is 11.3 Å². The van der Waals surface area contributed by atoms with Gasteiger partial charge in [0.15, 0.2) is 5.16 Å². The summed E-state index contributed by atoms with van der Waals surface area (Å²) in [5.74, 6) is 1.07. The number of aryl methyl sites for hydroxylation is 3. The molecular formula is C19H19N3O2S2. The second kappa shape index (κ2) is 6.48. The van der Waals surface area contributed by atoms with Gasteiger partial charge in [-0.25, -0.2) is 13.4 Å². The minimum absolute atomic E-state index is 0.271. The molecule has 0 radical (unpaired) electrons. The molecular weight excluding hydrogens is 366 g/mol. The molecule has 4 rings (SSSR count). The molecule has 0 atom stereocenters. The van der Waals surface area contributed by atoms with E-state index in [0.29, 0.717) is 5.69 Å². The first kappa shape index (κ1) is 17.2. The number of nitrogens with one attached hydrogen (secondary N) is 1. The molecule has 1 aliphatic heterocycles. The zero-order chi connectivity index (χ0) is 18.3. The number of fused-ring (bicyclic) bond motifs is 1. The van der Waals surface area contributed by atoms with Crippen molar-refractivity contribution in [1.29, 1.82) is 0 Å². The normalized spacial score (nSPS) is 13.6. The fourth-order valence-corrected chi connectivity index (χ4v) is 4.94. The van der Waals surface area contributed by atoms with Gasteiger partial charge in [-0.1, -0.05) is 30.0 Å². The van der Waals surface area contributed by atoms with E-state index in [-0.39, 0.29) is 4.90 Å². The number of sulfonamides is 1. The van der Waals surface area contributed by atoms with Crippen molar-refractivity contribution in [1.82, 2.24) is 9.55 Å². The van der Waals surface area contributed by atoms with Crippen LogP contribution in [-0.4, -0.2) is 23.7 Å². The molecule has 5 nitrogen and oxygen atoms in total. The molecule has 1 aliphatic rings. The molecule has 134 valence electrons. The van der Waals surface area contributed by atoms with Gasteiger partial charge in [0.2, 0.25) is 0 Å². The molecule has 7 heteroatoms. The molecule has 0 aliphatic carbocycles. The van der Waals surface area contributed by atoms with E-state index in [4.69, 9.17) is 0 Å². The molecule has 0 saturated heterocycles. The number of rotatable bonds is 4. The van der Waals surface area contributed by atoms with Gasteiger partial charge in [0.1, 0.15) is 0 Å². The van der Waals surface area contributed by atoms with Crippen LogP contribution in [0, 0.1) is 13.8 Å². The number of thioether (sulfide) groups is 1. The Hall–Kier alpha value is -2.25. The molecule has 2 heterocycles. The molecule has 0 fully saturated rings. The summed E-state index contributed by atoms with van der Waals surface area (Å²) < 4.78 is 30.0. The molecule has 1 aromatic heterocycles. The predicted octanol–water partition coefficient (Wildman–Crippen LogP) is 4.07. The van der Waals surface area contributed by atoms with Crippen LogP contribution in [0.25, 0.3) is 11.3 Å². The molecule has 0 spiro atoms. The summed E-state index contributed by atoms with van der Waals surface area (Å²) >= 11 is 1.75. The molecule has 2 aromatic carbocycles. The van der Waals surface area contributed by atoms with Gasteiger partial charge < -0.3 is 4.57 Å². The van der Waals surface area contributed by atoms with E-state index in [1.54, 1.807) is 36.0 Å². The summed E-state index contributed by atoms with van der Waals surface area (Å²) in [4.78, 5) is 4.89. The second-order valence-corrected chi connectivity index (χ2v) is 9.12. The van der Waals surface area contributed by atoms with Gasteiger partial charge in [0.25, 0.3) is 10.0 Å². The first-order chi connectivity index (χ1) is 12.4. The maximum atomic E-state index is 12.6. The monoisotopic (exact) mass is 385 g/mol. The minimum atomic E-state index is -3.60. The first-order valence-electron chi connectivity index (χ1n) is 8.33. The van der Waals surface area contributed by atoms with E-state index in [9.17, 15) is 8.42 Å². The average Bonchev–Trinajstić information content (AvgIpc) is 3.19. The van der Waals surface area contributed by atoms with Crippen molar-refractivity contribution in [3.63, 3.8) is 0 Å². The lowest BCUT2D eigenvalue weighted by Gasteiger charge is -2.10. The molecule has 0 unspecified atom stereocenters. The lowest BCUT2D eigenvalue weighted by atomic mass is 10.1. The van der Waals surface area contributed by atoms with Crippen LogP contribution in [0.3, 0.4) is 0 Å². The van der Waals surface area contributed by atoms with Crippen LogP contribution in [0.15, 0.2) is 58.7 Å². The standard InChI is InChI=1S/C19H19N3O2S2/c1-13-3-8-17(11-14(13)2)26(23,24)21-16-6-4-15(5-7-16)18-12-22-9-10-25-19(22)20-18/h3-8,11-12,21H,9-10H2,1-2H3. The van der Waals surface area contributed by atoms with E-state index in [1.807, 2.05) is 38.2 Å². The lowest BCUT2D eigenvalue weighted by molar-refractivity contribution is 0.601. The second-order valence-electron chi connectivity index (χ2n) is 6.38. The molecule has 1 N–H and O–H groups in total. The van der Waals surface area contributed by atoms with E-state index in [2.05, 4.69) is 14.3 Å². The Morgan fingerprint density at radius 1 is 1.08 bits per heavy atom. The number of hydrogen-bond acceptors (Lipinski definition) is 4. The van der Waals surface area contributed by atoms with Crippen LogP contribution in [0.2, 0.25) is 0 Å². The minimum Gasteiger partial charge on any atom is -0.325 e. The van der Waals surface area contributed by atoms with Gasteiger partial charge in [-0.3, -0.25) is 4.72 Å². The summed E-state index contributed by atoms with van der Waals surface area (Å²) in [7, 11) is -3.60. The van der Waals surface area contributed by atoms with Gasteiger partial charge in [-0.2, -0.15) is 0 Å². The Balaban J connectivity index is 1.55. The van der Waals surface area contributed by atoms with Crippen LogP contribution in [-0.2, 0) is 16.6 Å². The van der Waals surface area contributed by atoms with Crippen molar-refractivity contribution in [2.45, 2.75) is 30.4 Å².